The number of nitrogens with two attached hydrogens (primary N) is 1. The highest BCUT2D eigenvalue weighted by Crippen LogP contribution is 2.25. The summed E-state index contributed by atoms with van der Waals surface area (Å²) in [5.74, 6) is 0.999. The standard InChI is InChI=1S/C13H20N2O4/c1-15(13(17)11(14)8-16)7-9-4-5-10(18-2)6-12(9)19-3/h4-6,11,16H,7-8,14H2,1-3H3. The minimum Gasteiger partial charge on any atom is -0.497 e. The Labute approximate surface area is 112 Å². The van der Waals surface area contributed by atoms with Crippen LogP contribution in [0.4, 0.5) is 0 Å². The Bertz CT molecular complexity index is 437. The summed E-state index contributed by atoms with van der Waals surface area (Å²) in [7, 11) is 4.76. The fourth-order valence-corrected chi connectivity index (χ4v) is 1.68. The highest BCUT2D eigenvalue weighted by Gasteiger charge is 2.18. The summed E-state index contributed by atoms with van der Waals surface area (Å²) in [4.78, 5) is 13.2. The molecule has 0 aliphatic heterocycles. The van der Waals surface area contributed by atoms with E-state index in [4.69, 9.17) is 20.3 Å². The summed E-state index contributed by atoms with van der Waals surface area (Å²) < 4.78 is 10.4. The van der Waals surface area contributed by atoms with Crippen molar-refractivity contribution in [2.75, 3.05) is 27.9 Å². The molecule has 0 aliphatic carbocycles. The normalized spacial score (nSPS) is 11.8. The molecule has 1 rings (SSSR count). The second-order valence-corrected chi connectivity index (χ2v) is 4.16. The van der Waals surface area contributed by atoms with E-state index in [1.807, 2.05) is 6.07 Å². The average Bonchev–Trinajstić information content (AvgIpc) is 2.45. The Morgan fingerprint density at radius 3 is 2.63 bits per heavy atom. The van der Waals surface area contributed by atoms with Crippen LogP contribution >= 0.6 is 0 Å². The molecule has 0 bridgehead atoms. The predicted octanol–water partition coefficient (Wildman–Crippen LogP) is -0.0182. The molecule has 0 aliphatic rings. The number of nitrogens with zero attached hydrogens (tertiary/aromatic N) is 1. The molecule has 1 aromatic carbocycles. The lowest BCUT2D eigenvalue weighted by atomic mass is 10.1. The van der Waals surface area contributed by atoms with Crippen LogP contribution in [0.1, 0.15) is 5.56 Å². The fourth-order valence-electron chi connectivity index (χ4n) is 1.68. The van der Waals surface area contributed by atoms with Crippen molar-refractivity contribution >= 4 is 5.91 Å². The van der Waals surface area contributed by atoms with Gasteiger partial charge in [0.2, 0.25) is 5.91 Å². The van der Waals surface area contributed by atoms with Gasteiger partial charge >= 0.3 is 0 Å². The quantitative estimate of drug-likeness (QED) is 0.757. The van der Waals surface area contributed by atoms with Gasteiger partial charge in [0.25, 0.3) is 0 Å². The van der Waals surface area contributed by atoms with Crippen molar-refractivity contribution in [2.24, 2.45) is 5.73 Å². The van der Waals surface area contributed by atoms with Gasteiger partial charge in [-0.2, -0.15) is 0 Å². The molecule has 0 saturated carbocycles. The molecular weight excluding hydrogens is 248 g/mol. The lowest BCUT2D eigenvalue weighted by Crippen LogP contribution is -2.43. The zero-order chi connectivity index (χ0) is 14.4. The van der Waals surface area contributed by atoms with Crippen molar-refractivity contribution < 1.29 is 19.4 Å². The Morgan fingerprint density at radius 2 is 2.11 bits per heavy atom. The number of amides is 1. The van der Waals surface area contributed by atoms with Crippen LogP contribution in [0.5, 0.6) is 11.5 Å². The second-order valence-electron chi connectivity index (χ2n) is 4.16. The van der Waals surface area contributed by atoms with E-state index in [1.165, 1.54) is 4.90 Å². The van der Waals surface area contributed by atoms with Crippen LogP contribution < -0.4 is 15.2 Å². The van der Waals surface area contributed by atoms with E-state index in [0.29, 0.717) is 18.0 Å². The SMILES string of the molecule is COc1ccc(CN(C)C(=O)C(N)CO)c(OC)c1. The van der Waals surface area contributed by atoms with Gasteiger partial charge in [0.15, 0.2) is 0 Å². The largest absolute Gasteiger partial charge is 0.497 e. The van der Waals surface area contributed by atoms with Crippen molar-refractivity contribution in [2.45, 2.75) is 12.6 Å². The molecule has 6 heteroatoms. The third kappa shape index (κ3) is 3.84. The minimum absolute atomic E-state index is 0.319. The molecule has 1 amide bonds. The molecule has 6 nitrogen and oxygen atoms in total. The van der Waals surface area contributed by atoms with Gasteiger partial charge in [0, 0.05) is 25.2 Å². The topological polar surface area (TPSA) is 85.0 Å². The van der Waals surface area contributed by atoms with Crippen LogP contribution in [0, 0.1) is 0 Å². The number of carbonyl (C=O) groups excluding carboxylic acids is 1. The number of rotatable bonds is 6. The number of benzene rings is 1. The molecule has 3 N–H and O–H groups in total. The summed E-state index contributed by atoms with van der Waals surface area (Å²) in [6.07, 6.45) is 0. The molecule has 0 radical (unpaired) electrons. The number of aliphatic hydroxyl groups is 1. The summed E-state index contributed by atoms with van der Waals surface area (Å²) in [5.41, 5.74) is 6.33. The molecule has 1 unspecified atom stereocenters. The van der Waals surface area contributed by atoms with E-state index < -0.39 is 6.04 Å². The fraction of sp³-hybridized carbons (Fsp3) is 0.462. The van der Waals surface area contributed by atoms with Crippen LogP contribution in [0.15, 0.2) is 18.2 Å². The van der Waals surface area contributed by atoms with Gasteiger partial charge in [0.05, 0.1) is 20.8 Å². The zero-order valence-corrected chi connectivity index (χ0v) is 11.4. The van der Waals surface area contributed by atoms with E-state index in [1.54, 1.807) is 33.4 Å². The number of aliphatic hydroxyl groups excluding tert-OH is 1. The van der Waals surface area contributed by atoms with Gasteiger partial charge in [-0.25, -0.2) is 0 Å². The van der Waals surface area contributed by atoms with Crippen LogP contribution in [0.2, 0.25) is 0 Å². The first-order valence-corrected chi connectivity index (χ1v) is 5.85. The first-order chi connectivity index (χ1) is 9.03. The molecule has 1 atom stereocenters. The van der Waals surface area contributed by atoms with Crippen LogP contribution in [0.25, 0.3) is 0 Å². The van der Waals surface area contributed by atoms with Gasteiger partial charge < -0.3 is 25.2 Å². The monoisotopic (exact) mass is 268 g/mol. The third-order valence-corrected chi connectivity index (χ3v) is 2.79. The summed E-state index contributed by atoms with van der Waals surface area (Å²) in [6, 6.07) is 4.47. The number of likely N-dealkylation sites (N-methyl/N-ethyl adjacent to an activating group) is 1. The molecule has 19 heavy (non-hydrogen) atoms. The smallest absolute Gasteiger partial charge is 0.241 e. The average molecular weight is 268 g/mol. The van der Waals surface area contributed by atoms with E-state index in [0.717, 1.165) is 5.56 Å². The second kappa shape index (κ2) is 6.96. The van der Waals surface area contributed by atoms with Crippen molar-refractivity contribution in [1.82, 2.24) is 4.90 Å². The maximum absolute atomic E-state index is 11.8. The molecule has 0 aromatic heterocycles. The molecular formula is C13H20N2O4. The van der Waals surface area contributed by atoms with Gasteiger partial charge in [-0.15, -0.1) is 0 Å². The van der Waals surface area contributed by atoms with Gasteiger partial charge in [-0.3, -0.25) is 4.79 Å². The van der Waals surface area contributed by atoms with Crippen molar-refractivity contribution in [3.05, 3.63) is 23.8 Å². The Morgan fingerprint density at radius 1 is 1.42 bits per heavy atom. The summed E-state index contributed by atoms with van der Waals surface area (Å²) in [5, 5.41) is 8.88. The number of ether oxygens (including phenoxy) is 2. The predicted molar refractivity (Wildman–Crippen MR) is 71.1 cm³/mol. The zero-order valence-electron chi connectivity index (χ0n) is 11.4. The third-order valence-electron chi connectivity index (χ3n) is 2.79. The van der Waals surface area contributed by atoms with Crippen molar-refractivity contribution in [1.29, 1.82) is 0 Å². The Balaban J connectivity index is 2.84. The molecule has 0 heterocycles. The Hall–Kier alpha value is -1.79. The van der Waals surface area contributed by atoms with Crippen LogP contribution in [-0.2, 0) is 11.3 Å². The number of methoxy groups -OCH3 is 2. The van der Waals surface area contributed by atoms with Crippen LogP contribution in [0.3, 0.4) is 0 Å². The van der Waals surface area contributed by atoms with E-state index in [2.05, 4.69) is 0 Å². The molecule has 0 spiro atoms. The lowest BCUT2D eigenvalue weighted by molar-refractivity contribution is -0.132. The van der Waals surface area contributed by atoms with Crippen molar-refractivity contribution in [3.8, 4) is 11.5 Å². The lowest BCUT2D eigenvalue weighted by Gasteiger charge is -2.21. The highest BCUT2D eigenvalue weighted by molar-refractivity contribution is 5.81. The van der Waals surface area contributed by atoms with E-state index >= 15 is 0 Å². The van der Waals surface area contributed by atoms with E-state index in [9.17, 15) is 4.79 Å². The molecule has 1 aromatic rings. The van der Waals surface area contributed by atoms with Gasteiger partial charge in [-0.1, -0.05) is 0 Å². The van der Waals surface area contributed by atoms with Crippen LogP contribution in [-0.4, -0.2) is 49.8 Å². The molecule has 0 fully saturated rings. The minimum atomic E-state index is -0.894. The maximum atomic E-state index is 11.8. The van der Waals surface area contributed by atoms with E-state index in [-0.39, 0.29) is 12.5 Å². The number of carbonyl (C=O) groups is 1. The first-order valence-electron chi connectivity index (χ1n) is 5.85. The summed E-state index contributed by atoms with van der Waals surface area (Å²) in [6.45, 7) is -0.0252. The molecule has 0 saturated heterocycles. The van der Waals surface area contributed by atoms with Gasteiger partial charge in [-0.05, 0) is 12.1 Å². The maximum Gasteiger partial charge on any atom is 0.241 e. The first kappa shape index (κ1) is 15.3. The number of hydrogen-bond donors (Lipinski definition) is 2. The number of hydrogen-bond acceptors (Lipinski definition) is 5. The van der Waals surface area contributed by atoms with Crippen molar-refractivity contribution in [3.63, 3.8) is 0 Å². The molecule has 106 valence electrons. The Kier molecular flexibility index (Phi) is 5.59. The summed E-state index contributed by atoms with van der Waals surface area (Å²) >= 11 is 0. The highest BCUT2D eigenvalue weighted by atomic mass is 16.5. The van der Waals surface area contributed by atoms with Gasteiger partial charge in [0.1, 0.15) is 17.5 Å².